The third-order valence-electron chi connectivity index (χ3n) is 2.92. The maximum absolute atomic E-state index is 11.0. The zero-order valence-electron chi connectivity index (χ0n) is 10.4. The fraction of sp³-hybridized carbons (Fsp3) is 0.538. The molecule has 1 N–H and O–H groups in total. The maximum atomic E-state index is 11.0. The van der Waals surface area contributed by atoms with Gasteiger partial charge in [0.2, 0.25) is 0 Å². The highest BCUT2D eigenvalue weighted by molar-refractivity contribution is 7.90. The van der Waals surface area contributed by atoms with E-state index in [0.717, 1.165) is 11.1 Å². The molecule has 0 bridgehead atoms. The molecule has 0 aromatic heterocycles. The van der Waals surface area contributed by atoms with Gasteiger partial charge in [-0.3, -0.25) is 0 Å². The lowest BCUT2D eigenvalue weighted by atomic mass is 9.92. The Bertz CT molecular complexity index is 451. The Morgan fingerprint density at radius 3 is 2.47 bits per heavy atom. The van der Waals surface area contributed by atoms with Crippen molar-refractivity contribution >= 4 is 9.84 Å². The summed E-state index contributed by atoms with van der Waals surface area (Å²) in [6, 6.07) is 7.91. The van der Waals surface area contributed by atoms with E-state index >= 15 is 0 Å². The second-order valence-electron chi connectivity index (χ2n) is 4.51. The molecule has 0 aliphatic carbocycles. The zero-order valence-corrected chi connectivity index (χ0v) is 11.2. The number of sulfone groups is 1. The molecule has 0 saturated heterocycles. The van der Waals surface area contributed by atoms with E-state index in [1.54, 1.807) is 0 Å². The van der Waals surface area contributed by atoms with E-state index < -0.39 is 9.84 Å². The average molecular weight is 256 g/mol. The summed E-state index contributed by atoms with van der Waals surface area (Å²) in [5.41, 5.74) is 2.26. The summed E-state index contributed by atoms with van der Waals surface area (Å²) in [6.45, 7) is 2.07. The Hall–Kier alpha value is -0.870. The van der Waals surface area contributed by atoms with Gasteiger partial charge < -0.3 is 5.11 Å². The van der Waals surface area contributed by atoms with Crippen LogP contribution in [0.1, 0.15) is 29.9 Å². The Kier molecular flexibility index (Phi) is 5.15. The smallest absolute Gasteiger partial charge is 0.147 e. The van der Waals surface area contributed by atoms with E-state index in [4.69, 9.17) is 0 Å². The number of aliphatic hydroxyl groups is 1. The number of benzene rings is 1. The van der Waals surface area contributed by atoms with Crippen LogP contribution in [0.25, 0.3) is 0 Å². The Labute approximate surface area is 103 Å². The number of hydrogen-bond donors (Lipinski definition) is 1. The van der Waals surface area contributed by atoms with Gasteiger partial charge in [-0.05, 0) is 30.9 Å². The molecule has 1 aromatic rings. The Balaban J connectivity index is 2.64. The van der Waals surface area contributed by atoms with E-state index in [1.807, 2.05) is 31.2 Å². The van der Waals surface area contributed by atoms with E-state index in [2.05, 4.69) is 0 Å². The summed E-state index contributed by atoms with van der Waals surface area (Å²) in [5, 5.41) is 9.38. The van der Waals surface area contributed by atoms with Crippen molar-refractivity contribution in [1.82, 2.24) is 0 Å². The van der Waals surface area contributed by atoms with Gasteiger partial charge in [0.15, 0.2) is 0 Å². The highest BCUT2D eigenvalue weighted by Crippen LogP contribution is 2.23. The fourth-order valence-corrected chi connectivity index (χ4v) is 2.67. The fourth-order valence-electron chi connectivity index (χ4n) is 1.98. The first-order valence-electron chi connectivity index (χ1n) is 5.78. The molecule has 1 aromatic carbocycles. The van der Waals surface area contributed by atoms with Crippen molar-refractivity contribution in [2.24, 2.45) is 0 Å². The van der Waals surface area contributed by atoms with Gasteiger partial charge in [-0.2, -0.15) is 0 Å². The quantitative estimate of drug-likeness (QED) is 0.845. The summed E-state index contributed by atoms with van der Waals surface area (Å²) < 4.78 is 22.1. The number of hydrogen-bond acceptors (Lipinski definition) is 3. The minimum atomic E-state index is -2.90. The first-order chi connectivity index (χ1) is 7.94. The van der Waals surface area contributed by atoms with Gasteiger partial charge in [0.25, 0.3) is 0 Å². The molecule has 0 aliphatic heterocycles. The van der Waals surface area contributed by atoms with Gasteiger partial charge in [0.05, 0.1) is 0 Å². The molecule has 4 heteroatoms. The van der Waals surface area contributed by atoms with Gasteiger partial charge in [0.1, 0.15) is 9.84 Å². The lowest BCUT2D eigenvalue weighted by Gasteiger charge is -2.16. The second-order valence-corrected chi connectivity index (χ2v) is 6.77. The number of rotatable bonds is 6. The SMILES string of the molecule is Cc1ccccc1C(CO)CCCS(C)(=O)=O. The second kappa shape index (κ2) is 6.17. The van der Waals surface area contributed by atoms with Crippen molar-refractivity contribution in [2.45, 2.75) is 25.7 Å². The molecule has 0 spiro atoms. The van der Waals surface area contributed by atoms with E-state index in [9.17, 15) is 13.5 Å². The number of aryl methyl sites for hydroxylation is 1. The van der Waals surface area contributed by atoms with Crippen LogP contribution in [0.4, 0.5) is 0 Å². The van der Waals surface area contributed by atoms with Crippen LogP contribution in [0.5, 0.6) is 0 Å². The zero-order chi connectivity index (χ0) is 12.9. The van der Waals surface area contributed by atoms with E-state index in [0.29, 0.717) is 12.8 Å². The Morgan fingerprint density at radius 2 is 1.94 bits per heavy atom. The molecule has 0 aliphatic rings. The molecule has 0 saturated carbocycles. The molecular weight excluding hydrogens is 236 g/mol. The van der Waals surface area contributed by atoms with Crippen LogP contribution in [0.2, 0.25) is 0 Å². The van der Waals surface area contributed by atoms with Gasteiger partial charge in [-0.25, -0.2) is 8.42 Å². The average Bonchev–Trinajstić information content (AvgIpc) is 2.24. The molecule has 0 amide bonds. The van der Waals surface area contributed by atoms with Crippen LogP contribution in [-0.2, 0) is 9.84 Å². The van der Waals surface area contributed by atoms with Crippen LogP contribution in [0, 0.1) is 6.92 Å². The normalized spacial score (nSPS) is 13.6. The van der Waals surface area contributed by atoms with Gasteiger partial charge >= 0.3 is 0 Å². The summed E-state index contributed by atoms with van der Waals surface area (Å²) >= 11 is 0. The minimum absolute atomic E-state index is 0.0398. The predicted octanol–water partition coefficient (Wildman–Crippen LogP) is 1.90. The lowest BCUT2D eigenvalue weighted by Crippen LogP contribution is -2.09. The van der Waals surface area contributed by atoms with Crippen molar-refractivity contribution in [2.75, 3.05) is 18.6 Å². The lowest BCUT2D eigenvalue weighted by molar-refractivity contribution is 0.258. The van der Waals surface area contributed by atoms with Gasteiger partial charge in [0, 0.05) is 24.5 Å². The highest BCUT2D eigenvalue weighted by Gasteiger charge is 2.13. The monoisotopic (exact) mass is 256 g/mol. The van der Waals surface area contributed by atoms with Crippen molar-refractivity contribution < 1.29 is 13.5 Å². The molecule has 1 rings (SSSR count). The van der Waals surface area contributed by atoms with Crippen molar-refractivity contribution in [3.63, 3.8) is 0 Å². The van der Waals surface area contributed by atoms with Crippen LogP contribution in [0.3, 0.4) is 0 Å². The molecule has 17 heavy (non-hydrogen) atoms. The molecule has 1 unspecified atom stereocenters. The third kappa shape index (κ3) is 4.88. The van der Waals surface area contributed by atoms with Crippen LogP contribution in [-0.4, -0.2) is 32.1 Å². The van der Waals surface area contributed by atoms with Crippen LogP contribution < -0.4 is 0 Å². The first-order valence-corrected chi connectivity index (χ1v) is 7.84. The molecule has 0 radical (unpaired) electrons. The van der Waals surface area contributed by atoms with Crippen molar-refractivity contribution in [1.29, 1.82) is 0 Å². The molecule has 96 valence electrons. The standard InChI is InChI=1S/C13H20O3S/c1-11-6-3-4-8-13(11)12(10-14)7-5-9-17(2,15)16/h3-4,6,8,12,14H,5,7,9-10H2,1-2H3. The summed E-state index contributed by atoms with van der Waals surface area (Å²) in [5.74, 6) is 0.230. The molecule has 0 fully saturated rings. The summed E-state index contributed by atoms with van der Waals surface area (Å²) in [7, 11) is -2.90. The highest BCUT2D eigenvalue weighted by atomic mass is 32.2. The van der Waals surface area contributed by atoms with Crippen LogP contribution >= 0.6 is 0 Å². The van der Waals surface area contributed by atoms with Gasteiger partial charge in [-0.1, -0.05) is 24.3 Å². The predicted molar refractivity (Wildman–Crippen MR) is 70.0 cm³/mol. The van der Waals surface area contributed by atoms with Crippen molar-refractivity contribution in [3.8, 4) is 0 Å². The third-order valence-corrected chi connectivity index (χ3v) is 3.95. The van der Waals surface area contributed by atoms with Crippen LogP contribution in [0.15, 0.2) is 24.3 Å². The number of aliphatic hydroxyl groups excluding tert-OH is 1. The topological polar surface area (TPSA) is 54.4 Å². The maximum Gasteiger partial charge on any atom is 0.147 e. The van der Waals surface area contributed by atoms with Crippen molar-refractivity contribution in [3.05, 3.63) is 35.4 Å². The molecule has 0 heterocycles. The molecule has 3 nitrogen and oxygen atoms in total. The summed E-state index contributed by atoms with van der Waals surface area (Å²) in [4.78, 5) is 0. The minimum Gasteiger partial charge on any atom is -0.396 e. The van der Waals surface area contributed by atoms with E-state index in [1.165, 1.54) is 6.26 Å². The molecular formula is C13H20O3S. The van der Waals surface area contributed by atoms with Gasteiger partial charge in [-0.15, -0.1) is 0 Å². The summed E-state index contributed by atoms with van der Waals surface area (Å²) in [6.07, 6.45) is 2.54. The first kappa shape index (κ1) is 14.2. The largest absolute Gasteiger partial charge is 0.396 e. The Morgan fingerprint density at radius 1 is 1.29 bits per heavy atom. The van der Waals surface area contributed by atoms with E-state index in [-0.39, 0.29) is 18.3 Å². The molecule has 1 atom stereocenters.